The average Bonchev–Trinajstić information content (AvgIpc) is 3.02. The van der Waals surface area contributed by atoms with Crippen molar-refractivity contribution in [1.29, 1.82) is 0 Å². The molecule has 0 amide bonds. The standard InChI is InChI=1S/C18H21ClN2O2/c19-17-4-2-1-3-16(17)18(22)12-21-10-7-15(11-21)23-13-14-5-8-20-9-6-14/h1-6,8-9,15,18,22H,7,10-13H2. The number of β-amino-alcohol motifs (C(OH)–C–C–N with tert-alkyl or cyclic N) is 1. The highest BCUT2D eigenvalue weighted by molar-refractivity contribution is 6.31. The zero-order chi connectivity index (χ0) is 16.1. The number of ether oxygens (including phenoxy) is 1. The summed E-state index contributed by atoms with van der Waals surface area (Å²) < 4.78 is 5.95. The normalized spacial score (nSPS) is 19.8. The Hall–Kier alpha value is -1.46. The lowest BCUT2D eigenvalue weighted by atomic mass is 10.1. The molecular weight excluding hydrogens is 312 g/mol. The van der Waals surface area contributed by atoms with Crippen LogP contribution in [0.15, 0.2) is 48.8 Å². The van der Waals surface area contributed by atoms with E-state index in [1.54, 1.807) is 12.4 Å². The van der Waals surface area contributed by atoms with E-state index in [0.717, 1.165) is 30.6 Å². The second kappa shape index (κ2) is 7.88. The monoisotopic (exact) mass is 332 g/mol. The minimum atomic E-state index is -0.567. The highest BCUT2D eigenvalue weighted by Crippen LogP contribution is 2.25. The maximum absolute atomic E-state index is 10.4. The molecule has 1 aromatic carbocycles. The van der Waals surface area contributed by atoms with Crippen LogP contribution < -0.4 is 0 Å². The van der Waals surface area contributed by atoms with Gasteiger partial charge in [-0.2, -0.15) is 0 Å². The summed E-state index contributed by atoms with van der Waals surface area (Å²) in [4.78, 5) is 6.23. The SMILES string of the molecule is OC(CN1CCC(OCc2ccncc2)C1)c1ccccc1Cl. The van der Waals surface area contributed by atoms with Crippen molar-refractivity contribution in [2.24, 2.45) is 0 Å². The van der Waals surface area contributed by atoms with Crippen molar-refractivity contribution in [3.8, 4) is 0 Å². The average molecular weight is 333 g/mol. The summed E-state index contributed by atoms with van der Waals surface area (Å²) in [5, 5.41) is 11.0. The van der Waals surface area contributed by atoms with E-state index < -0.39 is 6.10 Å². The van der Waals surface area contributed by atoms with E-state index in [1.807, 2.05) is 36.4 Å². The molecule has 1 aliphatic heterocycles. The van der Waals surface area contributed by atoms with Gasteiger partial charge in [-0.15, -0.1) is 0 Å². The first-order valence-corrected chi connectivity index (χ1v) is 8.25. The molecule has 5 heteroatoms. The van der Waals surface area contributed by atoms with Gasteiger partial charge in [0.05, 0.1) is 18.8 Å². The predicted octanol–water partition coefficient (Wildman–Crippen LogP) is 3.06. The van der Waals surface area contributed by atoms with Gasteiger partial charge in [-0.1, -0.05) is 29.8 Å². The fraction of sp³-hybridized carbons (Fsp3) is 0.389. The third-order valence-corrected chi connectivity index (χ3v) is 4.50. The number of aliphatic hydroxyl groups is 1. The van der Waals surface area contributed by atoms with Crippen molar-refractivity contribution in [1.82, 2.24) is 9.88 Å². The van der Waals surface area contributed by atoms with Gasteiger partial charge in [0.15, 0.2) is 0 Å². The molecule has 0 saturated carbocycles. The van der Waals surface area contributed by atoms with E-state index in [0.29, 0.717) is 18.2 Å². The van der Waals surface area contributed by atoms with Gasteiger partial charge < -0.3 is 9.84 Å². The van der Waals surface area contributed by atoms with Gasteiger partial charge in [0.2, 0.25) is 0 Å². The third kappa shape index (κ3) is 4.52. The van der Waals surface area contributed by atoms with Crippen LogP contribution in [0.3, 0.4) is 0 Å². The molecule has 2 unspecified atom stereocenters. The largest absolute Gasteiger partial charge is 0.387 e. The van der Waals surface area contributed by atoms with Gasteiger partial charge in [-0.05, 0) is 30.2 Å². The molecule has 2 aromatic rings. The molecule has 0 radical (unpaired) electrons. The number of nitrogens with zero attached hydrogens (tertiary/aromatic N) is 2. The first kappa shape index (κ1) is 16.4. The maximum atomic E-state index is 10.4. The zero-order valence-corrected chi connectivity index (χ0v) is 13.7. The van der Waals surface area contributed by atoms with Crippen LogP contribution in [0.2, 0.25) is 5.02 Å². The molecule has 3 rings (SSSR count). The molecule has 1 fully saturated rings. The smallest absolute Gasteiger partial charge is 0.0931 e. The van der Waals surface area contributed by atoms with E-state index in [4.69, 9.17) is 16.3 Å². The van der Waals surface area contributed by atoms with Crippen LogP contribution in [-0.4, -0.2) is 40.7 Å². The van der Waals surface area contributed by atoms with Crippen molar-refractivity contribution in [2.45, 2.75) is 25.2 Å². The topological polar surface area (TPSA) is 45.6 Å². The molecule has 23 heavy (non-hydrogen) atoms. The van der Waals surface area contributed by atoms with Crippen molar-refractivity contribution >= 4 is 11.6 Å². The number of pyridine rings is 1. The highest BCUT2D eigenvalue weighted by atomic mass is 35.5. The fourth-order valence-corrected chi connectivity index (χ4v) is 3.14. The Morgan fingerprint density at radius 3 is 2.83 bits per heavy atom. The Kier molecular flexibility index (Phi) is 5.62. The van der Waals surface area contributed by atoms with Crippen molar-refractivity contribution in [3.05, 3.63) is 64.9 Å². The molecule has 1 aliphatic rings. The second-order valence-electron chi connectivity index (χ2n) is 5.87. The van der Waals surface area contributed by atoms with Gasteiger partial charge >= 0.3 is 0 Å². The Bertz CT molecular complexity index is 623. The third-order valence-electron chi connectivity index (χ3n) is 4.16. The number of hydrogen-bond donors (Lipinski definition) is 1. The molecule has 2 heterocycles. The summed E-state index contributed by atoms with van der Waals surface area (Å²) in [5.74, 6) is 0. The van der Waals surface area contributed by atoms with Gasteiger partial charge in [0, 0.05) is 42.6 Å². The Labute approximate surface area is 141 Å². The lowest BCUT2D eigenvalue weighted by Gasteiger charge is -2.21. The zero-order valence-electron chi connectivity index (χ0n) is 12.9. The molecule has 0 bridgehead atoms. The molecule has 1 N–H and O–H groups in total. The van der Waals surface area contributed by atoms with Crippen LogP contribution in [0.4, 0.5) is 0 Å². The minimum Gasteiger partial charge on any atom is -0.387 e. The van der Waals surface area contributed by atoms with Gasteiger partial charge in [0.25, 0.3) is 0 Å². The van der Waals surface area contributed by atoms with E-state index >= 15 is 0 Å². The summed E-state index contributed by atoms with van der Waals surface area (Å²) in [7, 11) is 0. The summed E-state index contributed by atoms with van der Waals surface area (Å²) in [6.07, 6.45) is 4.18. The van der Waals surface area contributed by atoms with Gasteiger partial charge in [-0.25, -0.2) is 0 Å². The lowest BCUT2D eigenvalue weighted by molar-refractivity contribution is 0.0416. The summed E-state index contributed by atoms with van der Waals surface area (Å²) in [6.45, 7) is 2.96. The number of rotatable bonds is 6. The van der Waals surface area contributed by atoms with E-state index in [1.165, 1.54) is 0 Å². The summed E-state index contributed by atoms with van der Waals surface area (Å²) in [5.41, 5.74) is 1.92. The van der Waals surface area contributed by atoms with Crippen molar-refractivity contribution < 1.29 is 9.84 Å². The minimum absolute atomic E-state index is 0.210. The van der Waals surface area contributed by atoms with Crippen molar-refractivity contribution in [2.75, 3.05) is 19.6 Å². The molecule has 122 valence electrons. The predicted molar refractivity (Wildman–Crippen MR) is 90.3 cm³/mol. The first-order valence-electron chi connectivity index (χ1n) is 7.87. The second-order valence-corrected chi connectivity index (χ2v) is 6.28. The van der Waals surface area contributed by atoms with Crippen LogP contribution >= 0.6 is 11.6 Å². The Morgan fingerprint density at radius 1 is 1.26 bits per heavy atom. The van der Waals surface area contributed by atoms with Crippen LogP contribution in [0.25, 0.3) is 0 Å². The number of aliphatic hydroxyl groups excluding tert-OH is 1. The first-order chi connectivity index (χ1) is 11.2. The van der Waals surface area contributed by atoms with Crippen LogP contribution in [-0.2, 0) is 11.3 Å². The number of halogens is 1. The number of benzene rings is 1. The number of likely N-dealkylation sites (tertiary alicyclic amines) is 1. The number of aromatic nitrogens is 1. The molecule has 1 saturated heterocycles. The molecule has 0 aliphatic carbocycles. The van der Waals surface area contributed by atoms with Gasteiger partial charge in [0.1, 0.15) is 0 Å². The summed E-state index contributed by atoms with van der Waals surface area (Å²) in [6, 6.07) is 11.4. The maximum Gasteiger partial charge on any atom is 0.0931 e. The quantitative estimate of drug-likeness (QED) is 0.883. The van der Waals surface area contributed by atoms with Crippen LogP contribution in [0.1, 0.15) is 23.7 Å². The summed E-state index contributed by atoms with van der Waals surface area (Å²) >= 11 is 6.14. The molecule has 4 nitrogen and oxygen atoms in total. The lowest BCUT2D eigenvalue weighted by Crippen LogP contribution is -2.28. The Balaban J connectivity index is 1.47. The van der Waals surface area contributed by atoms with Crippen LogP contribution in [0.5, 0.6) is 0 Å². The van der Waals surface area contributed by atoms with E-state index in [9.17, 15) is 5.11 Å². The molecule has 0 spiro atoms. The van der Waals surface area contributed by atoms with Crippen LogP contribution in [0, 0.1) is 0 Å². The highest BCUT2D eigenvalue weighted by Gasteiger charge is 2.25. The van der Waals surface area contributed by atoms with E-state index in [-0.39, 0.29) is 6.10 Å². The molecule has 2 atom stereocenters. The fourth-order valence-electron chi connectivity index (χ4n) is 2.88. The van der Waals surface area contributed by atoms with Crippen molar-refractivity contribution in [3.63, 3.8) is 0 Å². The molecular formula is C18H21ClN2O2. The molecule has 1 aromatic heterocycles. The number of hydrogen-bond acceptors (Lipinski definition) is 4. The van der Waals surface area contributed by atoms with E-state index in [2.05, 4.69) is 9.88 Å². The Morgan fingerprint density at radius 2 is 2.04 bits per heavy atom. The van der Waals surface area contributed by atoms with Gasteiger partial charge in [-0.3, -0.25) is 9.88 Å².